The fourth-order valence-corrected chi connectivity index (χ4v) is 2.12. The second kappa shape index (κ2) is 7.43. The lowest BCUT2D eigenvalue weighted by Gasteiger charge is -2.20. The third-order valence-electron chi connectivity index (χ3n) is 3.57. The number of phenolic OH excluding ortho intramolecular Hbond substituents is 3. The van der Waals surface area contributed by atoms with Gasteiger partial charge < -0.3 is 25.7 Å². The highest BCUT2D eigenvalue weighted by Gasteiger charge is 2.26. The third-order valence-corrected chi connectivity index (χ3v) is 3.57. The molecule has 1 unspecified atom stereocenters. The average Bonchev–Trinajstić information content (AvgIpc) is 2.61. The maximum Gasteiger partial charge on any atom is 0.330 e. The predicted molar refractivity (Wildman–Crippen MR) is 88.9 cm³/mol. The predicted octanol–water partition coefficient (Wildman–Crippen LogP) is 1.41. The molecule has 0 saturated carbocycles. The van der Waals surface area contributed by atoms with E-state index in [9.17, 15) is 34.8 Å². The van der Waals surface area contributed by atoms with Crippen molar-refractivity contribution in [1.29, 1.82) is 0 Å². The lowest BCUT2D eigenvalue weighted by atomic mass is 10.1. The van der Waals surface area contributed by atoms with Crippen LogP contribution in [0.4, 0.5) is 4.79 Å². The number of carbonyl (C=O) groups is 3. The highest BCUT2D eigenvalue weighted by Crippen LogP contribution is 2.25. The molecule has 0 fully saturated rings. The van der Waals surface area contributed by atoms with Crippen LogP contribution in [0.2, 0.25) is 0 Å². The van der Waals surface area contributed by atoms with E-state index >= 15 is 0 Å². The first-order chi connectivity index (χ1) is 12.2. The van der Waals surface area contributed by atoms with Gasteiger partial charge in [0.25, 0.3) is 5.91 Å². The zero-order valence-corrected chi connectivity index (χ0v) is 13.6. The molecule has 0 spiro atoms. The Kier molecular flexibility index (Phi) is 5.31. The summed E-state index contributed by atoms with van der Waals surface area (Å²) < 4.78 is 0. The van der Waals surface area contributed by atoms with Crippen LogP contribution in [0.5, 0.6) is 17.2 Å². The number of hydrogen-bond donors (Lipinski definition) is 5. The lowest BCUT2D eigenvalue weighted by molar-refractivity contribution is -0.139. The van der Waals surface area contributed by atoms with Crippen LogP contribution in [0.3, 0.4) is 0 Å². The zero-order chi connectivity index (χ0) is 19.4. The SMILES string of the molecule is CN(C(=O)NC(C(=O)O)c1ccc(O)cc1)C(=O)c1ccc(O)c(O)c1. The molecular weight excluding hydrogens is 344 g/mol. The van der Waals surface area contributed by atoms with Crippen LogP contribution in [-0.2, 0) is 4.79 Å². The molecule has 0 radical (unpaired) electrons. The Bertz CT molecular complexity index is 849. The van der Waals surface area contributed by atoms with Gasteiger partial charge in [-0.25, -0.2) is 9.59 Å². The summed E-state index contributed by atoms with van der Waals surface area (Å²) in [7, 11) is 1.14. The Morgan fingerprint density at radius 3 is 2.12 bits per heavy atom. The number of hydrogen-bond acceptors (Lipinski definition) is 6. The number of amides is 3. The summed E-state index contributed by atoms with van der Waals surface area (Å²) in [5.74, 6) is -3.19. The fraction of sp³-hybridized carbons (Fsp3) is 0.118. The van der Waals surface area contributed by atoms with Gasteiger partial charge >= 0.3 is 12.0 Å². The van der Waals surface area contributed by atoms with Crippen molar-refractivity contribution in [3.8, 4) is 17.2 Å². The molecule has 9 heteroatoms. The van der Waals surface area contributed by atoms with Crippen LogP contribution in [0.25, 0.3) is 0 Å². The van der Waals surface area contributed by atoms with E-state index < -0.39 is 35.4 Å². The molecule has 0 saturated heterocycles. The van der Waals surface area contributed by atoms with Crippen molar-refractivity contribution in [1.82, 2.24) is 10.2 Å². The minimum Gasteiger partial charge on any atom is -0.508 e. The molecule has 2 aromatic rings. The minimum atomic E-state index is -1.44. The first kappa shape index (κ1) is 18.6. The van der Waals surface area contributed by atoms with Gasteiger partial charge in [0.2, 0.25) is 0 Å². The molecule has 5 N–H and O–H groups in total. The van der Waals surface area contributed by atoms with Gasteiger partial charge in [0.05, 0.1) is 0 Å². The Morgan fingerprint density at radius 2 is 1.58 bits per heavy atom. The Labute approximate surface area is 147 Å². The molecule has 136 valence electrons. The third kappa shape index (κ3) is 4.01. The van der Waals surface area contributed by atoms with Crippen LogP contribution in [-0.4, -0.2) is 50.3 Å². The van der Waals surface area contributed by atoms with Crippen molar-refractivity contribution in [2.24, 2.45) is 0 Å². The van der Waals surface area contributed by atoms with E-state index in [1.165, 1.54) is 30.3 Å². The average molecular weight is 360 g/mol. The number of rotatable bonds is 4. The number of benzene rings is 2. The van der Waals surface area contributed by atoms with Gasteiger partial charge in [-0.05, 0) is 35.9 Å². The number of carboxylic acid groups (broad SMARTS) is 1. The highest BCUT2D eigenvalue weighted by atomic mass is 16.4. The molecule has 0 bridgehead atoms. The molecular formula is C17H16N2O7. The minimum absolute atomic E-state index is 0.0661. The van der Waals surface area contributed by atoms with E-state index in [4.69, 9.17) is 0 Å². The number of aromatic hydroxyl groups is 3. The number of nitrogens with zero attached hydrogens (tertiary/aromatic N) is 1. The molecule has 26 heavy (non-hydrogen) atoms. The van der Waals surface area contributed by atoms with Crippen LogP contribution in [0.15, 0.2) is 42.5 Å². The zero-order valence-electron chi connectivity index (χ0n) is 13.6. The summed E-state index contributed by atoms with van der Waals surface area (Å²) in [6.07, 6.45) is 0. The molecule has 0 aromatic heterocycles. The smallest absolute Gasteiger partial charge is 0.330 e. The van der Waals surface area contributed by atoms with Gasteiger partial charge in [-0.2, -0.15) is 0 Å². The largest absolute Gasteiger partial charge is 0.508 e. The van der Waals surface area contributed by atoms with Crippen molar-refractivity contribution >= 4 is 17.9 Å². The summed E-state index contributed by atoms with van der Waals surface area (Å²) in [5, 5.41) is 39.5. The second-order valence-electron chi connectivity index (χ2n) is 5.38. The Balaban J connectivity index is 2.17. The first-order valence-electron chi connectivity index (χ1n) is 7.33. The van der Waals surface area contributed by atoms with E-state index in [0.717, 1.165) is 19.2 Å². The number of imide groups is 1. The van der Waals surface area contributed by atoms with Gasteiger partial charge in [-0.3, -0.25) is 9.69 Å². The highest BCUT2D eigenvalue weighted by molar-refractivity contribution is 6.04. The second-order valence-corrected chi connectivity index (χ2v) is 5.38. The van der Waals surface area contributed by atoms with Crippen molar-refractivity contribution in [2.45, 2.75) is 6.04 Å². The summed E-state index contributed by atoms with van der Waals surface area (Å²) in [5.41, 5.74) is 0.126. The molecule has 0 aliphatic heterocycles. The molecule has 0 aliphatic rings. The van der Waals surface area contributed by atoms with Crippen molar-refractivity contribution in [3.05, 3.63) is 53.6 Å². The topological polar surface area (TPSA) is 147 Å². The number of urea groups is 1. The van der Waals surface area contributed by atoms with E-state index in [1.807, 2.05) is 0 Å². The number of nitrogens with one attached hydrogen (secondary N) is 1. The molecule has 3 amide bonds. The standard InChI is InChI=1S/C17H16N2O7/c1-19(15(23)10-4-7-12(21)13(22)8-10)17(26)18-14(16(24)25)9-2-5-11(20)6-3-9/h2-8,14,20-22H,1H3,(H,18,26)(H,24,25). The molecule has 9 nitrogen and oxygen atoms in total. The number of carboxylic acids is 1. The monoisotopic (exact) mass is 360 g/mol. The first-order valence-corrected chi connectivity index (χ1v) is 7.33. The molecule has 1 atom stereocenters. The van der Waals surface area contributed by atoms with Gasteiger partial charge in [-0.1, -0.05) is 12.1 Å². The number of aliphatic carboxylic acids is 1. The Hall–Kier alpha value is -3.75. The molecule has 2 aromatic carbocycles. The number of phenols is 3. The number of carbonyl (C=O) groups excluding carboxylic acids is 2. The Morgan fingerprint density at radius 1 is 0.962 bits per heavy atom. The van der Waals surface area contributed by atoms with Crippen LogP contribution >= 0.6 is 0 Å². The van der Waals surface area contributed by atoms with E-state index in [1.54, 1.807) is 0 Å². The lowest BCUT2D eigenvalue weighted by Crippen LogP contribution is -2.44. The molecule has 0 heterocycles. The van der Waals surface area contributed by atoms with Crippen LogP contribution in [0.1, 0.15) is 22.0 Å². The van der Waals surface area contributed by atoms with Crippen molar-refractivity contribution in [3.63, 3.8) is 0 Å². The summed E-state index contributed by atoms with van der Waals surface area (Å²) in [4.78, 5) is 36.6. The normalized spacial score (nSPS) is 11.4. The summed E-state index contributed by atoms with van der Waals surface area (Å²) in [6.45, 7) is 0. The van der Waals surface area contributed by atoms with E-state index in [2.05, 4.69) is 5.32 Å². The van der Waals surface area contributed by atoms with Crippen molar-refractivity contribution in [2.75, 3.05) is 7.05 Å². The fourth-order valence-electron chi connectivity index (χ4n) is 2.12. The van der Waals surface area contributed by atoms with E-state index in [-0.39, 0.29) is 16.9 Å². The summed E-state index contributed by atoms with van der Waals surface area (Å²) >= 11 is 0. The maximum absolute atomic E-state index is 12.3. The molecule has 0 aliphatic carbocycles. The van der Waals surface area contributed by atoms with Gasteiger partial charge in [0.1, 0.15) is 5.75 Å². The molecule has 2 rings (SSSR count). The van der Waals surface area contributed by atoms with E-state index in [0.29, 0.717) is 4.90 Å². The maximum atomic E-state index is 12.3. The van der Waals surface area contributed by atoms with Gasteiger partial charge in [0, 0.05) is 12.6 Å². The van der Waals surface area contributed by atoms with Crippen LogP contribution in [0, 0.1) is 0 Å². The van der Waals surface area contributed by atoms with Crippen LogP contribution < -0.4 is 5.32 Å². The summed E-state index contributed by atoms with van der Waals surface area (Å²) in [6, 6.07) is 6.05. The quantitative estimate of drug-likeness (QED) is 0.518. The van der Waals surface area contributed by atoms with Gasteiger partial charge in [0.15, 0.2) is 17.5 Å². The van der Waals surface area contributed by atoms with Gasteiger partial charge in [-0.15, -0.1) is 0 Å². The van der Waals surface area contributed by atoms with Crippen molar-refractivity contribution < 1.29 is 34.8 Å².